The van der Waals surface area contributed by atoms with Crippen LogP contribution >= 0.6 is 0 Å². The Hall–Kier alpha value is -3.61. The Morgan fingerprint density at radius 3 is 2.35 bits per heavy atom. The summed E-state index contributed by atoms with van der Waals surface area (Å²) in [6, 6.07) is 12.3. The average molecular weight is 461 g/mol. The molecule has 1 atom stereocenters. The zero-order chi connectivity index (χ0) is 23.9. The first-order valence-electron chi connectivity index (χ1n) is 11.8. The summed E-state index contributed by atoms with van der Waals surface area (Å²) in [7, 11) is 0. The molecule has 1 heterocycles. The predicted octanol–water partition coefficient (Wildman–Crippen LogP) is 5.02. The Morgan fingerprint density at radius 2 is 1.74 bits per heavy atom. The van der Waals surface area contributed by atoms with Gasteiger partial charge in [-0.1, -0.05) is 50.5 Å². The molecule has 0 radical (unpaired) electrons. The van der Waals surface area contributed by atoms with Crippen molar-refractivity contribution in [3.05, 3.63) is 89.8 Å². The molecule has 2 aromatic carbocycles. The molecule has 7 heteroatoms. The van der Waals surface area contributed by atoms with Crippen molar-refractivity contribution >= 4 is 17.5 Å². The predicted molar refractivity (Wildman–Crippen MR) is 129 cm³/mol. The third kappa shape index (κ3) is 5.47. The number of anilines is 1. The van der Waals surface area contributed by atoms with Crippen molar-refractivity contribution in [1.82, 2.24) is 15.3 Å². The van der Waals surface area contributed by atoms with E-state index in [2.05, 4.69) is 22.2 Å². The molecule has 0 saturated heterocycles. The summed E-state index contributed by atoms with van der Waals surface area (Å²) < 4.78 is 13.8. The van der Waals surface area contributed by atoms with Crippen LogP contribution in [0.5, 0.6) is 0 Å². The van der Waals surface area contributed by atoms with E-state index < -0.39 is 17.8 Å². The topological polar surface area (TPSA) is 75.2 Å². The van der Waals surface area contributed by atoms with Crippen LogP contribution in [0.25, 0.3) is 0 Å². The van der Waals surface area contributed by atoms with E-state index in [9.17, 15) is 14.0 Å². The lowest BCUT2D eigenvalue weighted by Crippen LogP contribution is -2.47. The zero-order valence-corrected chi connectivity index (χ0v) is 19.3. The van der Waals surface area contributed by atoms with Crippen molar-refractivity contribution < 1.29 is 14.0 Å². The number of rotatable bonds is 7. The molecular weight excluding hydrogens is 431 g/mol. The number of carbonyl (C=O) groups is 2. The van der Waals surface area contributed by atoms with E-state index in [1.165, 1.54) is 35.6 Å². The van der Waals surface area contributed by atoms with Gasteiger partial charge < -0.3 is 5.32 Å². The van der Waals surface area contributed by atoms with E-state index >= 15 is 0 Å². The summed E-state index contributed by atoms with van der Waals surface area (Å²) in [5.41, 5.74) is 2.31. The zero-order valence-electron chi connectivity index (χ0n) is 19.3. The number of hydrogen-bond acceptors (Lipinski definition) is 4. The molecule has 0 bridgehead atoms. The number of amides is 2. The monoisotopic (exact) mass is 460 g/mol. The van der Waals surface area contributed by atoms with E-state index in [0.29, 0.717) is 11.3 Å². The summed E-state index contributed by atoms with van der Waals surface area (Å²) in [5, 5.41) is 3.15. The first kappa shape index (κ1) is 23.5. The van der Waals surface area contributed by atoms with Gasteiger partial charge in [0.2, 0.25) is 5.91 Å². The average Bonchev–Trinajstić information content (AvgIpc) is 2.89. The van der Waals surface area contributed by atoms with Gasteiger partial charge in [0.05, 0.1) is 6.20 Å². The minimum absolute atomic E-state index is 0.0557. The van der Waals surface area contributed by atoms with Gasteiger partial charge in [-0.25, -0.2) is 9.37 Å². The quantitative estimate of drug-likeness (QED) is 0.538. The molecule has 3 aromatic rings. The smallest absolute Gasteiger partial charge is 0.279 e. The highest BCUT2D eigenvalue weighted by Crippen LogP contribution is 2.31. The van der Waals surface area contributed by atoms with Crippen LogP contribution in [0.15, 0.2) is 67.1 Å². The number of carbonyl (C=O) groups excluding carboxylic acids is 2. The van der Waals surface area contributed by atoms with Gasteiger partial charge >= 0.3 is 0 Å². The van der Waals surface area contributed by atoms with Gasteiger partial charge in [-0.15, -0.1) is 0 Å². The number of hydrogen-bond donors (Lipinski definition) is 1. The maximum Gasteiger partial charge on any atom is 0.279 e. The van der Waals surface area contributed by atoms with E-state index in [0.717, 1.165) is 44.1 Å². The Labute approximate surface area is 199 Å². The molecule has 1 saturated carbocycles. The normalized spacial score (nSPS) is 14.9. The highest BCUT2D eigenvalue weighted by Gasteiger charge is 2.35. The minimum atomic E-state index is -0.996. The lowest BCUT2D eigenvalue weighted by Gasteiger charge is -2.33. The number of aryl methyl sites for hydroxylation is 1. The van der Waals surface area contributed by atoms with Gasteiger partial charge in [0.15, 0.2) is 0 Å². The number of nitrogens with one attached hydrogen (secondary N) is 1. The minimum Gasteiger partial charge on any atom is -0.351 e. The lowest BCUT2D eigenvalue weighted by molar-refractivity contribution is -0.123. The Balaban J connectivity index is 1.79. The van der Waals surface area contributed by atoms with Crippen molar-refractivity contribution in [2.75, 3.05) is 4.90 Å². The SMILES string of the molecule is CCc1ccc(N(C(=O)c2cnccn2)C(C(=O)NC2CCCCC2)c2ccc(F)cc2)cc1. The van der Waals surface area contributed by atoms with E-state index in [4.69, 9.17) is 0 Å². The molecule has 1 aromatic heterocycles. The largest absolute Gasteiger partial charge is 0.351 e. The van der Waals surface area contributed by atoms with Crippen molar-refractivity contribution in [2.24, 2.45) is 0 Å². The molecule has 1 aliphatic carbocycles. The van der Waals surface area contributed by atoms with E-state index in [-0.39, 0.29) is 17.6 Å². The molecule has 34 heavy (non-hydrogen) atoms. The van der Waals surface area contributed by atoms with Crippen LogP contribution in [-0.2, 0) is 11.2 Å². The first-order valence-corrected chi connectivity index (χ1v) is 11.8. The van der Waals surface area contributed by atoms with Crippen molar-refractivity contribution in [1.29, 1.82) is 0 Å². The third-order valence-electron chi connectivity index (χ3n) is 6.27. The molecule has 1 aliphatic rings. The highest BCUT2D eigenvalue weighted by atomic mass is 19.1. The molecule has 6 nitrogen and oxygen atoms in total. The van der Waals surface area contributed by atoms with Gasteiger partial charge in [0.1, 0.15) is 17.6 Å². The van der Waals surface area contributed by atoms with E-state index in [1.54, 1.807) is 12.1 Å². The van der Waals surface area contributed by atoms with Gasteiger partial charge in [0, 0.05) is 24.1 Å². The molecule has 2 amide bonds. The standard InChI is InChI=1S/C27H29FN4O2/c1-2-19-8-14-23(15-9-19)32(27(34)24-18-29-16-17-30-24)25(20-10-12-21(28)13-11-20)26(33)31-22-6-4-3-5-7-22/h8-18,22,25H,2-7H2,1H3,(H,31,33). The van der Waals surface area contributed by atoms with E-state index in [1.807, 2.05) is 24.3 Å². The molecule has 0 aliphatic heterocycles. The number of nitrogens with zero attached hydrogens (tertiary/aromatic N) is 3. The number of benzene rings is 2. The molecule has 1 unspecified atom stereocenters. The second-order valence-electron chi connectivity index (χ2n) is 8.58. The number of halogens is 1. The second-order valence-corrected chi connectivity index (χ2v) is 8.58. The first-order chi connectivity index (χ1) is 16.6. The summed E-state index contributed by atoms with van der Waals surface area (Å²) in [6.07, 6.45) is 10.3. The van der Waals surface area contributed by atoms with Crippen LogP contribution in [0, 0.1) is 5.82 Å². The fourth-order valence-corrected chi connectivity index (χ4v) is 4.40. The van der Waals surface area contributed by atoms with Gasteiger partial charge in [-0.2, -0.15) is 0 Å². The van der Waals surface area contributed by atoms with Crippen molar-refractivity contribution in [2.45, 2.75) is 57.5 Å². The number of aromatic nitrogens is 2. The Kier molecular flexibility index (Phi) is 7.62. The van der Waals surface area contributed by atoms with Crippen LogP contribution in [0.4, 0.5) is 10.1 Å². The maximum atomic E-state index is 13.8. The molecule has 176 valence electrons. The van der Waals surface area contributed by atoms with Crippen LogP contribution in [-0.4, -0.2) is 27.8 Å². The molecular formula is C27H29FN4O2. The summed E-state index contributed by atoms with van der Waals surface area (Å²) in [6.45, 7) is 2.05. The Morgan fingerprint density at radius 1 is 1.03 bits per heavy atom. The molecule has 0 spiro atoms. The summed E-state index contributed by atoms with van der Waals surface area (Å²) in [4.78, 5) is 37.1. The molecule has 1 fully saturated rings. The third-order valence-corrected chi connectivity index (χ3v) is 6.27. The Bertz CT molecular complexity index is 1100. The summed E-state index contributed by atoms with van der Waals surface area (Å²) >= 11 is 0. The van der Waals surface area contributed by atoms with Gasteiger partial charge in [0.25, 0.3) is 5.91 Å². The molecule has 4 rings (SSSR count). The summed E-state index contributed by atoms with van der Waals surface area (Å²) in [5.74, 6) is -1.16. The van der Waals surface area contributed by atoms with Crippen LogP contribution in [0.2, 0.25) is 0 Å². The van der Waals surface area contributed by atoms with Crippen molar-refractivity contribution in [3.63, 3.8) is 0 Å². The van der Waals surface area contributed by atoms with Gasteiger partial charge in [-0.3, -0.25) is 19.5 Å². The highest BCUT2D eigenvalue weighted by molar-refractivity contribution is 6.09. The van der Waals surface area contributed by atoms with Crippen LogP contribution < -0.4 is 10.2 Å². The van der Waals surface area contributed by atoms with Crippen molar-refractivity contribution in [3.8, 4) is 0 Å². The second kappa shape index (κ2) is 11.0. The fraction of sp³-hybridized carbons (Fsp3) is 0.333. The van der Waals surface area contributed by atoms with Crippen LogP contribution in [0.1, 0.15) is 66.7 Å². The lowest BCUT2D eigenvalue weighted by atomic mass is 9.94. The van der Waals surface area contributed by atoms with Crippen LogP contribution in [0.3, 0.4) is 0 Å². The van der Waals surface area contributed by atoms with Gasteiger partial charge in [-0.05, 0) is 54.7 Å². The fourth-order valence-electron chi connectivity index (χ4n) is 4.40. The maximum absolute atomic E-state index is 13.8. The molecule has 1 N–H and O–H groups in total.